The van der Waals surface area contributed by atoms with E-state index in [9.17, 15) is 4.79 Å². The largest absolute Gasteiger partial charge is 0.367 e. The molecule has 16 heavy (non-hydrogen) atoms. The van der Waals surface area contributed by atoms with Crippen LogP contribution in [0.3, 0.4) is 0 Å². The molecule has 1 unspecified atom stereocenters. The summed E-state index contributed by atoms with van der Waals surface area (Å²) in [7, 11) is 0. The van der Waals surface area contributed by atoms with Gasteiger partial charge in [0.1, 0.15) is 6.10 Å². The van der Waals surface area contributed by atoms with E-state index in [1.54, 1.807) is 11.8 Å². The number of hydrogen-bond acceptors (Lipinski definition) is 4. The molecule has 1 aromatic rings. The number of carbonyl (C=O) groups is 1. The molecule has 3 nitrogen and oxygen atoms in total. The second-order valence-electron chi connectivity index (χ2n) is 3.66. The van der Waals surface area contributed by atoms with Crippen LogP contribution in [0.2, 0.25) is 0 Å². The Labute approximate surface area is 99.6 Å². The van der Waals surface area contributed by atoms with Crippen LogP contribution in [0.15, 0.2) is 29.2 Å². The summed E-state index contributed by atoms with van der Waals surface area (Å²) < 4.78 is 5.43. The van der Waals surface area contributed by atoms with Crippen LogP contribution in [0, 0.1) is 0 Å². The Bertz CT molecular complexity index is 358. The highest BCUT2D eigenvalue weighted by atomic mass is 32.2. The van der Waals surface area contributed by atoms with Gasteiger partial charge in [0.25, 0.3) is 0 Å². The third-order valence-corrected chi connectivity index (χ3v) is 3.34. The van der Waals surface area contributed by atoms with Crippen molar-refractivity contribution in [3.05, 3.63) is 29.8 Å². The Kier molecular flexibility index (Phi) is 3.98. The molecule has 0 aliphatic carbocycles. The molecular formula is C12H15NO2S. The molecule has 86 valence electrons. The quantitative estimate of drug-likeness (QED) is 0.640. The van der Waals surface area contributed by atoms with E-state index in [0.29, 0.717) is 13.2 Å². The maximum Gasteiger partial charge on any atom is 0.192 e. The van der Waals surface area contributed by atoms with E-state index in [4.69, 9.17) is 4.74 Å². The summed E-state index contributed by atoms with van der Waals surface area (Å²) in [5, 5.41) is 3.16. The number of nitrogens with one attached hydrogen (secondary N) is 1. The van der Waals surface area contributed by atoms with Crippen molar-refractivity contribution in [1.82, 2.24) is 5.32 Å². The number of thioether (sulfide) groups is 1. The van der Waals surface area contributed by atoms with Crippen LogP contribution < -0.4 is 5.32 Å². The highest BCUT2D eigenvalue weighted by Gasteiger charge is 2.22. The first-order valence-corrected chi connectivity index (χ1v) is 6.54. The number of ether oxygens (including phenoxy) is 1. The molecule has 1 saturated heterocycles. The standard InChI is InChI=1S/C12H15NO2S/c1-16-10-4-2-9(3-5-10)12(14)11-8-13-6-7-15-11/h2-5,11,13H,6-8H2,1H3. The molecule has 0 bridgehead atoms. The lowest BCUT2D eigenvalue weighted by molar-refractivity contribution is 0.0269. The predicted octanol–water partition coefficient (Wildman–Crippen LogP) is 1.58. The number of rotatable bonds is 3. The smallest absolute Gasteiger partial charge is 0.192 e. The van der Waals surface area contributed by atoms with Gasteiger partial charge >= 0.3 is 0 Å². The minimum absolute atomic E-state index is 0.0693. The molecule has 0 saturated carbocycles. The minimum atomic E-state index is -0.325. The molecular weight excluding hydrogens is 222 g/mol. The molecule has 1 aliphatic heterocycles. The molecule has 0 spiro atoms. The van der Waals surface area contributed by atoms with Crippen LogP contribution in [-0.2, 0) is 4.74 Å². The topological polar surface area (TPSA) is 38.3 Å². The summed E-state index contributed by atoms with van der Waals surface area (Å²) in [4.78, 5) is 13.2. The molecule has 4 heteroatoms. The monoisotopic (exact) mass is 237 g/mol. The number of ketones is 1. The van der Waals surface area contributed by atoms with Gasteiger partial charge in [-0.25, -0.2) is 0 Å². The normalized spacial score (nSPS) is 20.7. The predicted molar refractivity (Wildman–Crippen MR) is 65.2 cm³/mol. The van der Waals surface area contributed by atoms with Gasteiger partial charge in [0, 0.05) is 23.5 Å². The lowest BCUT2D eigenvalue weighted by Gasteiger charge is -2.22. The van der Waals surface area contributed by atoms with Crippen LogP contribution in [0.1, 0.15) is 10.4 Å². The Hall–Kier alpha value is -0.840. The maximum atomic E-state index is 12.0. The summed E-state index contributed by atoms with van der Waals surface area (Å²) >= 11 is 1.67. The molecule has 2 rings (SSSR count). The molecule has 1 atom stereocenters. The summed E-state index contributed by atoms with van der Waals surface area (Å²) in [5.74, 6) is 0.0693. The molecule has 0 aromatic heterocycles. The first-order chi connectivity index (χ1) is 7.81. The van der Waals surface area contributed by atoms with E-state index < -0.39 is 0 Å². The van der Waals surface area contributed by atoms with Crippen molar-refractivity contribution >= 4 is 17.5 Å². The van der Waals surface area contributed by atoms with Crippen molar-refractivity contribution < 1.29 is 9.53 Å². The first kappa shape index (κ1) is 11.6. The second-order valence-corrected chi connectivity index (χ2v) is 4.54. The van der Waals surface area contributed by atoms with Crippen LogP contribution in [-0.4, -0.2) is 37.8 Å². The van der Waals surface area contributed by atoms with Gasteiger partial charge in [0.05, 0.1) is 6.61 Å². The Balaban J connectivity index is 2.07. The van der Waals surface area contributed by atoms with Gasteiger partial charge in [0.15, 0.2) is 5.78 Å². The SMILES string of the molecule is CSc1ccc(C(=O)C2CNCCO2)cc1. The molecule has 1 aromatic carbocycles. The minimum Gasteiger partial charge on any atom is -0.367 e. The van der Waals surface area contributed by atoms with Crippen molar-refractivity contribution in [1.29, 1.82) is 0 Å². The van der Waals surface area contributed by atoms with Gasteiger partial charge in [-0.1, -0.05) is 12.1 Å². The van der Waals surface area contributed by atoms with Gasteiger partial charge in [0.2, 0.25) is 0 Å². The Morgan fingerprint density at radius 1 is 1.44 bits per heavy atom. The van der Waals surface area contributed by atoms with Crippen LogP contribution in [0.25, 0.3) is 0 Å². The zero-order valence-corrected chi connectivity index (χ0v) is 10.0. The zero-order chi connectivity index (χ0) is 11.4. The van der Waals surface area contributed by atoms with Crippen LogP contribution >= 0.6 is 11.8 Å². The lowest BCUT2D eigenvalue weighted by atomic mass is 10.1. The fraction of sp³-hybridized carbons (Fsp3) is 0.417. The Morgan fingerprint density at radius 2 is 2.19 bits per heavy atom. The fourth-order valence-electron chi connectivity index (χ4n) is 1.67. The van der Waals surface area contributed by atoms with Crippen molar-refractivity contribution in [2.75, 3.05) is 26.0 Å². The highest BCUT2D eigenvalue weighted by Crippen LogP contribution is 2.16. The van der Waals surface area contributed by atoms with Gasteiger partial charge in [-0.2, -0.15) is 0 Å². The van der Waals surface area contributed by atoms with Crippen LogP contribution in [0.4, 0.5) is 0 Å². The Morgan fingerprint density at radius 3 is 2.75 bits per heavy atom. The second kappa shape index (κ2) is 5.48. The summed E-state index contributed by atoms with van der Waals surface area (Å²) in [5.41, 5.74) is 0.728. The van der Waals surface area contributed by atoms with Gasteiger partial charge in [-0.3, -0.25) is 4.79 Å². The molecule has 1 fully saturated rings. The van der Waals surface area contributed by atoms with Crippen molar-refractivity contribution in [2.45, 2.75) is 11.0 Å². The number of morpholine rings is 1. The lowest BCUT2D eigenvalue weighted by Crippen LogP contribution is -2.43. The van der Waals surface area contributed by atoms with Crippen molar-refractivity contribution in [3.63, 3.8) is 0 Å². The highest BCUT2D eigenvalue weighted by molar-refractivity contribution is 7.98. The van der Waals surface area contributed by atoms with E-state index in [2.05, 4.69) is 5.32 Å². The summed E-state index contributed by atoms with van der Waals surface area (Å²) in [6.45, 7) is 2.05. The van der Waals surface area contributed by atoms with Gasteiger partial charge in [-0.15, -0.1) is 11.8 Å². The van der Waals surface area contributed by atoms with E-state index >= 15 is 0 Å². The first-order valence-electron chi connectivity index (χ1n) is 5.32. The van der Waals surface area contributed by atoms with Crippen LogP contribution in [0.5, 0.6) is 0 Å². The third kappa shape index (κ3) is 2.64. The molecule has 1 heterocycles. The van der Waals surface area contributed by atoms with Crippen molar-refractivity contribution in [2.24, 2.45) is 0 Å². The van der Waals surface area contributed by atoms with E-state index in [1.807, 2.05) is 30.5 Å². The zero-order valence-electron chi connectivity index (χ0n) is 9.23. The van der Waals surface area contributed by atoms with E-state index in [0.717, 1.165) is 12.1 Å². The number of hydrogen-bond donors (Lipinski definition) is 1. The van der Waals surface area contributed by atoms with E-state index in [-0.39, 0.29) is 11.9 Å². The van der Waals surface area contributed by atoms with Gasteiger partial charge in [-0.05, 0) is 18.4 Å². The number of Topliss-reactive ketones (excluding diaryl/α,β-unsaturated/α-hetero) is 1. The molecule has 1 N–H and O–H groups in total. The molecule has 0 radical (unpaired) electrons. The fourth-order valence-corrected chi connectivity index (χ4v) is 2.08. The van der Waals surface area contributed by atoms with Gasteiger partial charge < -0.3 is 10.1 Å². The molecule has 0 amide bonds. The summed E-state index contributed by atoms with van der Waals surface area (Å²) in [6.07, 6.45) is 1.69. The number of benzene rings is 1. The summed E-state index contributed by atoms with van der Waals surface area (Å²) in [6, 6.07) is 7.67. The molecule has 1 aliphatic rings. The van der Waals surface area contributed by atoms with E-state index in [1.165, 1.54) is 4.90 Å². The average molecular weight is 237 g/mol. The number of carbonyl (C=O) groups excluding carboxylic acids is 1. The third-order valence-electron chi connectivity index (χ3n) is 2.59. The van der Waals surface area contributed by atoms with Crippen molar-refractivity contribution in [3.8, 4) is 0 Å². The maximum absolute atomic E-state index is 12.0. The average Bonchev–Trinajstić information content (AvgIpc) is 2.39.